The number of hydrogen-bond acceptors (Lipinski definition) is 3. The molecule has 1 unspecified atom stereocenters. The summed E-state index contributed by atoms with van der Waals surface area (Å²) in [5, 5.41) is -0.786. The summed E-state index contributed by atoms with van der Waals surface area (Å²) in [5.74, 6) is 0. The van der Waals surface area contributed by atoms with Gasteiger partial charge in [-0.15, -0.1) is 0 Å². The van der Waals surface area contributed by atoms with Crippen LogP contribution in [0.25, 0.3) is 0 Å². The van der Waals surface area contributed by atoms with Crippen molar-refractivity contribution in [2.24, 2.45) is 5.73 Å². The van der Waals surface area contributed by atoms with Crippen LogP contribution in [0, 0.1) is 0 Å². The standard InChI is InChI=1S/C21H43NO3S.Na.H/c1-2-3-4-5-6-7-8-9-10-11-12-13-14-15-16-17-18-19-21(20-22)26(23,24)25;;/h9-10,21H,2-8,11-20,22H2,1H3,(H,23,24,25);;/q;+1;-1/b10-9-;;. The Morgan fingerprint density at radius 2 is 1.22 bits per heavy atom. The summed E-state index contributed by atoms with van der Waals surface area (Å²) < 4.78 is 31.1. The molecule has 0 aromatic carbocycles. The van der Waals surface area contributed by atoms with Gasteiger partial charge >= 0.3 is 29.6 Å². The normalized spacial score (nSPS) is 13.0. The molecule has 4 nitrogen and oxygen atoms in total. The van der Waals surface area contributed by atoms with Crippen LogP contribution in [0.5, 0.6) is 0 Å². The van der Waals surface area contributed by atoms with Gasteiger partial charge in [0.15, 0.2) is 0 Å². The Morgan fingerprint density at radius 1 is 0.815 bits per heavy atom. The van der Waals surface area contributed by atoms with Crippen molar-refractivity contribution in [3.63, 3.8) is 0 Å². The smallest absolute Gasteiger partial charge is 1.00 e. The fourth-order valence-corrected chi connectivity index (χ4v) is 3.89. The second-order valence-corrected chi connectivity index (χ2v) is 9.15. The molecule has 0 rings (SSSR count). The first-order valence-corrected chi connectivity index (χ1v) is 12.3. The van der Waals surface area contributed by atoms with E-state index in [0.717, 1.165) is 19.3 Å². The van der Waals surface area contributed by atoms with E-state index in [9.17, 15) is 8.42 Å². The third kappa shape index (κ3) is 21.1. The second-order valence-electron chi connectivity index (χ2n) is 7.45. The maximum Gasteiger partial charge on any atom is 1.00 e. The molecule has 27 heavy (non-hydrogen) atoms. The average Bonchev–Trinajstić information content (AvgIpc) is 2.59. The molecule has 0 spiro atoms. The number of allylic oxidation sites excluding steroid dienone is 2. The predicted molar refractivity (Wildman–Crippen MR) is 114 cm³/mol. The van der Waals surface area contributed by atoms with E-state index in [4.69, 9.17) is 10.3 Å². The van der Waals surface area contributed by atoms with Gasteiger partial charge in [0, 0.05) is 6.54 Å². The first kappa shape index (κ1) is 29.8. The van der Waals surface area contributed by atoms with E-state index in [1.54, 1.807) is 0 Å². The minimum atomic E-state index is -3.97. The van der Waals surface area contributed by atoms with Crippen LogP contribution in [0.2, 0.25) is 0 Å². The molecule has 3 N–H and O–H groups in total. The van der Waals surface area contributed by atoms with Gasteiger partial charge in [-0.1, -0.05) is 89.7 Å². The van der Waals surface area contributed by atoms with Crippen molar-refractivity contribution in [1.82, 2.24) is 0 Å². The zero-order valence-corrected chi connectivity index (χ0v) is 20.8. The van der Waals surface area contributed by atoms with Crippen molar-refractivity contribution < 1.29 is 44.0 Å². The predicted octanol–water partition coefficient (Wildman–Crippen LogP) is 3.14. The van der Waals surface area contributed by atoms with E-state index >= 15 is 0 Å². The Kier molecular flexibility index (Phi) is 23.5. The largest absolute Gasteiger partial charge is 1.00 e. The van der Waals surface area contributed by atoms with Gasteiger partial charge in [0.05, 0.1) is 5.25 Å². The summed E-state index contributed by atoms with van der Waals surface area (Å²) >= 11 is 0. The van der Waals surface area contributed by atoms with Gasteiger partial charge in [0.2, 0.25) is 0 Å². The monoisotopic (exact) mass is 413 g/mol. The molecule has 0 radical (unpaired) electrons. The Labute approximate surface area is 192 Å². The van der Waals surface area contributed by atoms with Crippen LogP contribution in [-0.2, 0) is 10.1 Å². The summed E-state index contributed by atoms with van der Waals surface area (Å²) in [6.07, 6.45) is 23.8. The van der Waals surface area contributed by atoms with Crippen LogP contribution in [0.3, 0.4) is 0 Å². The Hall–Kier alpha value is 0.610. The Morgan fingerprint density at radius 3 is 1.63 bits per heavy atom. The molecule has 6 heteroatoms. The van der Waals surface area contributed by atoms with Crippen molar-refractivity contribution in [2.75, 3.05) is 6.54 Å². The van der Waals surface area contributed by atoms with Crippen LogP contribution in [0.1, 0.15) is 111 Å². The molecular formula is C21H44NNaO3S. The molecule has 158 valence electrons. The third-order valence-electron chi connectivity index (χ3n) is 4.97. The number of hydrogen-bond donors (Lipinski definition) is 2. The number of nitrogens with two attached hydrogens (primary N) is 1. The van der Waals surface area contributed by atoms with Gasteiger partial charge in [0.1, 0.15) is 0 Å². The molecule has 0 aliphatic rings. The van der Waals surface area contributed by atoms with Gasteiger partial charge in [0.25, 0.3) is 10.1 Å². The van der Waals surface area contributed by atoms with Gasteiger partial charge in [-0.05, 0) is 32.1 Å². The van der Waals surface area contributed by atoms with E-state index in [0.29, 0.717) is 6.42 Å². The SMILES string of the molecule is CCCCCCCC/C=C\CCCCCCCCCC(CN)S(=O)(=O)O.[H-].[Na+]. The molecule has 0 heterocycles. The zero-order valence-electron chi connectivity index (χ0n) is 19.0. The van der Waals surface area contributed by atoms with Crippen LogP contribution < -0.4 is 35.3 Å². The first-order chi connectivity index (χ1) is 12.5. The molecule has 1 atom stereocenters. The van der Waals surface area contributed by atoms with Gasteiger partial charge in [-0.3, -0.25) is 4.55 Å². The fourth-order valence-electron chi connectivity index (χ4n) is 3.18. The summed E-state index contributed by atoms with van der Waals surface area (Å²) in [6.45, 7) is 2.26. The summed E-state index contributed by atoms with van der Waals surface area (Å²) in [6, 6.07) is 0. The van der Waals surface area contributed by atoms with E-state index in [1.165, 1.54) is 77.0 Å². The Bertz CT molecular complexity index is 433. The Balaban J connectivity index is -0.00000312. The first-order valence-electron chi connectivity index (χ1n) is 10.8. The number of unbranched alkanes of at least 4 members (excludes halogenated alkanes) is 13. The van der Waals surface area contributed by atoms with Crippen molar-refractivity contribution in [2.45, 2.75) is 115 Å². The molecule has 0 saturated carbocycles. The van der Waals surface area contributed by atoms with E-state index in [-0.39, 0.29) is 37.5 Å². The average molecular weight is 414 g/mol. The molecule has 0 aliphatic heterocycles. The topological polar surface area (TPSA) is 80.4 Å². The molecule has 0 saturated heterocycles. The molecule has 0 aliphatic carbocycles. The molecule has 0 fully saturated rings. The van der Waals surface area contributed by atoms with Crippen LogP contribution in [0.15, 0.2) is 12.2 Å². The molecule has 0 aromatic heterocycles. The summed E-state index contributed by atoms with van der Waals surface area (Å²) in [4.78, 5) is 0. The quantitative estimate of drug-likeness (QED) is 0.148. The van der Waals surface area contributed by atoms with Gasteiger partial charge in [-0.25, -0.2) is 0 Å². The van der Waals surface area contributed by atoms with Crippen LogP contribution >= 0.6 is 0 Å². The van der Waals surface area contributed by atoms with Gasteiger partial charge < -0.3 is 7.16 Å². The van der Waals surface area contributed by atoms with Gasteiger partial charge in [-0.2, -0.15) is 8.42 Å². The van der Waals surface area contributed by atoms with E-state index in [1.807, 2.05) is 0 Å². The van der Waals surface area contributed by atoms with Crippen LogP contribution in [-0.4, -0.2) is 24.8 Å². The summed E-state index contributed by atoms with van der Waals surface area (Å²) in [5.41, 5.74) is 5.39. The minimum Gasteiger partial charge on any atom is -1.00 e. The zero-order chi connectivity index (χ0) is 19.5. The molecule has 0 bridgehead atoms. The van der Waals surface area contributed by atoms with Crippen LogP contribution in [0.4, 0.5) is 0 Å². The number of rotatable bonds is 19. The molecule has 0 amide bonds. The van der Waals surface area contributed by atoms with E-state index in [2.05, 4.69) is 19.1 Å². The van der Waals surface area contributed by atoms with E-state index < -0.39 is 15.4 Å². The second kappa shape index (κ2) is 21.3. The van der Waals surface area contributed by atoms with Crippen molar-refractivity contribution in [1.29, 1.82) is 0 Å². The molecule has 0 aromatic rings. The summed E-state index contributed by atoms with van der Waals surface area (Å²) in [7, 11) is -3.97. The third-order valence-corrected chi connectivity index (χ3v) is 6.24. The fraction of sp³-hybridized carbons (Fsp3) is 0.905. The molecular weight excluding hydrogens is 369 g/mol. The van der Waals surface area contributed by atoms with Crippen molar-refractivity contribution >= 4 is 10.1 Å². The van der Waals surface area contributed by atoms with Crippen molar-refractivity contribution in [3.8, 4) is 0 Å². The maximum atomic E-state index is 11.0. The minimum absolute atomic E-state index is 0. The van der Waals surface area contributed by atoms with Crippen molar-refractivity contribution in [3.05, 3.63) is 12.2 Å². The maximum absolute atomic E-state index is 11.0.